The Kier molecular flexibility index (Phi) is 5.17. The van der Waals surface area contributed by atoms with Gasteiger partial charge in [-0.1, -0.05) is 0 Å². The van der Waals surface area contributed by atoms with Crippen molar-refractivity contribution in [3.8, 4) is 0 Å². The van der Waals surface area contributed by atoms with Crippen LogP contribution < -0.4 is 10.6 Å². The zero-order chi connectivity index (χ0) is 19.2. The lowest BCUT2D eigenvalue weighted by Crippen LogP contribution is -2.06. The second kappa shape index (κ2) is 7.87. The van der Waals surface area contributed by atoms with E-state index in [9.17, 15) is 14.9 Å². The van der Waals surface area contributed by atoms with Gasteiger partial charge in [0.25, 0.3) is 0 Å². The van der Waals surface area contributed by atoms with Gasteiger partial charge in [0.15, 0.2) is 0 Å². The quantitative estimate of drug-likeness (QED) is 0.383. The first-order chi connectivity index (χ1) is 13.1. The Labute approximate surface area is 153 Å². The molecule has 0 fully saturated rings. The average Bonchev–Trinajstić information content (AvgIpc) is 2.68. The summed E-state index contributed by atoms with van der Waals surface area (Å²) in [6.07, 6.45) is 4.32. The lowest BCUT2D eigenvalue weighted by Gasteiger charge is -2.10. The molecule has 0 saturated carbocycles. The first-order valence-electron chi connectivity index (χ1n) is 7.70. The maximum absolute atomic E-state index is 11.6. The molecule has 0 aliphatic carbocycles. The fourth-order valence-electron chi connectivity index (χ4n) is 2.25. The van der Waals surface area contributed by atoms with E-state index in [0.29, 0.717) is 16.9 Å². The molecular formula is C17H14N6O4. The fraction of sp³-hybridized carbons (Fsp3) is 0.0588. The molecule has 0 amide bonds. The van der Waals surface area contributed by atoms with Gasteiger partial charge in [-0.3, -0.25) is 15.1 Å². The van der Waals surface area contributed by atoms with Gasteiger partial charge >= 0.3 is 11.7 Å². The molecule has 27 heavy (non-hydrogen) atoms. The summed E-state index contributed by atoms with van der Waals surface area (Å²) in [4.78, 5) is 34.3. The first-order valence-corrected chi connectivity index (χ1v) is 7.70. The highest BCUT2D eigenvalue weighted by molar-refractivity contribution is 5.90. The lowest BCUT2D eigenvalue weighted by molar-refractivity contribution is -0.383. The number of nitrogens with one attached hydrogen (secondary N) is 2. The predicted molar refractivity (Wildman–Crippen MR) is 97.3 cm³/mol. The highest BCUT2D eigenvalue weighted by atomic mass is 16.6. The second-order valence-electron chi connectivity index (χ2n) is 5.23. The Hall–Kier alpha value is -4.08. The Bertz CT molecular complexity index is 963. The van der Waals surface area contributed by atoms with Gasteiger partial charge in [0, 0.05) is 23.8 Å². The molecular weight excluding hydrogens is 352 g/mol. The summed E-state index contributed by atoms with van der Waals surface area (Å²) in [5.41, 5.74) is 1.16. The van der Waals surface area contributed by atoms with E-state index in [4.69, 9.17) is 0 Å². The number of nitrogens with zero attached hydrogens (tertiary/aromatic N) is 4. The van der Waals surface area contributed by atoms with Crippen molar-refractivity contribution in [1.29, 1.82) is 0 Å². The van der Waals surface area contributed by atoms with Crippen molar-refractivity contribution in [2.24, 2.45) is 0 Å². The van der Waals surface area contributed by atoms with Crippen LogP contribution in [-0.2, 0) is 4.74 Å². The molecule has 2 aromatic heterocycles. The molecule has 2 N–H and O–H groups in total. The fourth-order valence-corrected chi connectivity index (χ4v) is 2.25. The van der Waals surface area contributed by atoms with Crippen LogP contribution >= 0.6 is 0 Å². The van der Waals surface area contributed by atoms with E-state index in [2.05, 4.69) is 30.3 Å². The summed E-state index contributed by atoms with van der Waals surface area (Å²) in [6, 6.07) is 9.58. The van der Waals surface area contributed by atoms with Crippen LogP contribution in [0.5, 0.6) is 0 Å². The third-order valence-corrected chi connectivity index (χ3v) is 3.52. The summed E-state index contributed by atoms with van der Waals surface area (Å²) in [7, 11) is 1.29. The number of hydrogen-bond donors (Lipinski definition) is 2. The van der Waals surface area contributed by atoms with Crippen molar-refractivity contribution in [3.05, 3.63) is 70.8 Å². The highest BCUT2D eigenvalue weighted by Gasteiger charge is 2.23. The third kappa shape index (κ3) is 4.12. The normalized spacial score (nSPS) is 10.1. The van der Waals surface area contributed by atoms with Crippen molar-refractivity contribution in [2.45, 2.75) is 0 Å². The molecule has 0 aliphatic heterocycles. The van der Waals surface area contributed by atoms with Crippen LogP contribution in [0.2, 0.25) is 0 Å². The van der Waals surface area contributed by atoms with Gasteiger partial charge in [-0.05, 0) is 36.4 Å². The monoisotopic (exact) mass is 366 g/mol. The van der Waals surface area contributed by atoms with Gasteiger partial charge in [0.1, 0.15) is 6.33 Å². The van der Waals surface area contributed by atoms with Crippen molar-refractivity contribution in [3.63, 3.8) is 0 Å². The number of aromatic nitrogens is 3. The SMILES string of the molecule is COC(=O)c1ccc(Nc2ncnc(Nc3ccncc3)c2[N+](=O)[O-])cc1. The second-order valence-corrected chi connectivity index (χ2v) is 5.23. The van der Waals surface area contributed by atoms with Crippen LogP contribution in [0.25, 0.3) is 0 Å². The average molecular weight is 366 g/mol. The predicted octanol–water partition coefficient (Wildman–Crippen LogP) is 3.05. The van der Waals surface area contributed by atoms with E-state index in [-0.39, 0.29) is 17.3 Å². The smallest absolute Gasteiger partial charge is 0.353 e. The minimum absolute atomic E-state index is 0.0115. The molecule has 0 unspecified atom stereocenters. The maximum Gasteiger partial charge on any atom is 0.353 e. The molecule has 136 valence electrons. The van der Waals surface area contributed by atoms with Crippen LogP contribution in [0.3, 0.4) is 0 Å². The number of nitro groups is 1. The van der Waals surface area contributed by atoms with E-state index in [1.807, 2.05) is 0 Å². The number of carbonyl (C=O) groups excluding carboxylic acids is 1. The lowest BCUT2D eigenvalue weighted by atomic mass is 10.2. The summed E-state index contributed by atoms with van der Waals surface area (Å²) in [5, 5.41) is 17.3. The number of anilines is 4. The van der Waals surface area contributed by atoms with Crippen molar-refractivity contribution >= 4 is 34.7 Å². The van der Waals surface area contributed by atoms with E-state index >= 15 is 0 Å². The van der Waals surface area contributed by atoms with E-state index in [1.165, 1.54) is 25.6 Å². The summed E-state index contributed by atoms with van der Waals surface area (Å²) in [6.45, 7) is 0. The molecule has 0 bridgehead atoms. The molecule has 10 nitrogen and oxygen atoms in total. The van der Waals surface area contributed by atoms with Crippen LogP contribution in [-0.4, -0.2) is 33.0 Å². The van der Waals surface area contributed by atoms with Crippen LogP contribution in [0.15, 0.2) is 55.1 Å². The number of rotatable bonds is 6. The van der Waals surface area contributed by atoms with Gasteiger partial charge in [0.05, 0.1) is 17.6 Å². The van der Waals surface area contributed by atoms with Crippen LogP contribution in [0.4, 0.5) is 28.7 Å². The van der Waals surface area contributed by atoms with E-state index in [0.717, 1.165) is 0 Å². The zero-order valence-electron chi connectivity index (χ0n) is 14.1. The molecule has 0 saturated heterocycles. The Morgan fingerprint density at radius 1 is 1.00 bits per heavy atom. The Balaban J connectivity index is 1.90. The number of carbonyl (C=O) groups is 1. The van der Waals surface area contributed by atoms with E-state index in [1.54, 1.807) is 36.7 Å². The van der Waals surface area contributed by atoms with Crippen molar-refractivity contribution in [2.75, 3.05) is 17.7 Å². The molecule has 3 aromatic rings. The molecule has 2 heterocycles. The number of methoxy groups -OCH3 is 1. The number of pyridine rings is 1. The summed E-state index contributed by atoms with van der Waals surface area (Å²) >= 11 is 0. The number of hydrogen-bond acceptors (Lipinski definition) is 9. The number of ether oxygens (including phenoxy) is 1. The van der Waals surface area contributed by atoms with Gasteiger partial charge in [0.2, 0.25) is 11.6 Å². The van der Waals surface area contributed by atoms with Crippen LogP contribution in [0.1, 0.15) is 10.4 Å². The standard InChI is InChI=1S/C17H14N6O4/c1-27-17(24)11-2-4-12(5-3-11)21-15-14(23(25)26)16(20-10-19-15)22-13-6-8-18-9-7-13/h2-10H,1H3,(H2,18,19,20,21,22). The van der Waals surface area contributed by atoms with Gasteiger partial charge in [-0.2, -0.15) is 0 Å². The maximum atomic E-state index is 11.6. The minimum Gasteiger partial charge on any atom is -0.465 e. The molecule has 0 spiro atoms. The van der Waals surface area contributed by atoms with Gasteiger partial charge in [-0.25, -0.2) is 14.8 Å². The molecule has 3 rings (SSSR count). The molecule has 1 aromatic carbocycles. The Morgan fingerprint density at radius 2 is 1.56 bits per heavy atom. The first kappa shape index (κ1) is 17.7. The van der Waals surface area contributed by atoms with Crippen LogP contribution in [0, 0.1) is 10.1 Å². The van der Waals surface area contributed by atoms with Crippen molar-refractivity contribution in [1.82, 2.24) is 15.0 Å². The number of benzene rings is 1. The van der Waals surface area contributed by atoms with Gasteiger partial charge < -0.3 is 15.4 Å². The number of esters is 1. The largest absolute Gasteiger partial charge is 0.465 e. The molecule has 0 atom stereocenters. The molecule has 0 aliphatic rings. The Morgan fingerprint density at radius 3 is 2.07 bits per heavy atom. The molecule has 0 radical (unpaired) electrons. The highest BCUT2D eigenvalue weighted by Crippen LogP contribution is 2.32. The zero-order valence-corrected chi connectivity index (χ0v) is 14.1. The minimum atomic E-state index is -0.575. The third-order valence-electron chi connectivity index (χ3n) is 3.52. The summed E-state index contributed by atoms with van der Waals surface area (Å²) < 4.78 is 4.64. The topological polar surface area (TPSA) is 132 Å². The molecule has 10 heteroatoms. The summed E-state index contributed by atoms with van der Waals surface area (Å²) in [5.74, 6) is -0.425. The van der Waals surface area contributed by atoms with Crippen molar-refractivity contribution < 1.29 is 14.5 Å². The van der Waals surface area contributed by atoms with Gasteiger partial charge in [-0.15, -0.1) is 0 Å². The van der Waals surface area contributed by atoms with E-state index < -0.39 is 10.9 Å².